The molecule has 0 fully saturated rings. The third kappa shape index (κ3) is 4.03. The number of carbonyl (C=O) groups is 2. The van der Waals surface area contributed by atoms with E-state index in [1.54, 1.807) is 42.9 Å². The van der Waals surface area contributed by atoms with E-state index in [2.05, 4.69) is 10.3 Å². The van der Waals surface area contributed by atoms with Crippen molar-refractivity contribution in [1.82, 2.24) is 15.2 Å². The van der Waals surface area contributed by atoms with E-state index in [1.807, 2.05) is 5.38 Å². The summed E-state index contributed by atoms with van der Waals surface area (Å²) in [4.78, 5) is 28.9. The second-order valence-corrected chi connectivity index (χ2v) is 5.19. The van der Waals surface area contributed by atoms with Gasteiger partial charge in [0.2, 0.25) is 0 Å². The van der Waals surface area contributed by atoms with Crippen LogP contribution in [0, 0.1) is 0 Å². The quantitative estimate of drug-likeness (QED) is 0.886. The second kappa shape index (κ2) is 6.85. The molecule has 7 heteroatoms. The van der Waals surface area contributed by atoms with Crippen LogP contribution in [0.1, 0.15) is 17.3 Å². The van der Waals surface area contributed by atoms with Crippen LogP contribution in [-0.2, 0) is 11.3 Å². The molecular formula is C14H15N3O3S. The number of carboxylic acids is 1. The highest BCUT2D eigenvalue weighted by Gasteiger charge is 2.23. The third-order valence-corrected chi connectivity index (χ3v) is 3.51. The summed E-state index contributed by atoms with van der Waals surface area (Å²) < 4.78 is 0. The fourth-order valence-electron chi connectivity index (χ4n) is 1.80. The van der Waals surface area contributed by atoms with Crippen LogP contribution < -0.4 is 5.32 Å². The van der Waals surface area contributed by atoms with E-state index in [0.717, 1.165) is 5.69 Å². The minimum absolute atomic E-state index is 0.330. The van der Waals surface area contributed by atoms with Crippen molar-refractivity contribution in [3.63, 3.8) is 0 Å². The maximum Gasteiger partial charge on any atom is 0.330 e. The number of nitrogens with one attached hydrogen (secondary N) is 1. The molecule has 1 aromatic heterocycles. The predicted molar refractivity (Wildman–Crippen MR) is 78.9 cm³/mol. The first kappa shape index (κ1) is 15.0. The molecule has 110 valence electrons. The molecule has 0 saturated carbocycles. The van der Waals surface area contributed by atoms with Gasteiger partial charge in [-0.25, -0.2) is 14.6 Å². The van der Waals surface area contributed by atoms with Gasteiger partial charge in [0.05, 0.1) is 17.7 Å². The van der Waals surface area contributed by atoms with Crippen LogP contribution in [-0.4, -0.2) is 34.0 Å². The van der Waals surface area contributed by atoms with Gasteiger partial charge in [-0.1, -0.05) is 30.3 Å². The van der Waals surface area contributed by atoms with E-state index in [4.69, 9.17) is 0 Å². The third-order valence-electron chi connectivity index (χ3n) is 2.88. The molecule has 1 aromatic carbocycles. The van der Waals surface area contributed by atoms with Gasteiger partial charge in [-0.05, 0) is 5.56 Å². The lowest BCUT2D eigenvalue weighted by Gasteiger charge is -2.21. The first-order valence-electron chi connectivity index (χ1n) is 6.24. The molecule has 0 unspecified atom stereocenters. The van der Waals surface area contributed by atoms with Gasteiger partial charge in [-0.15, -0.1) is 11.3 Å². The van der Waals surface area contributed by atoms with Crippen molar-refractivity contribution in [2.45, 2.75) is 12.6 Å². The van der Waals surface area contributed by atoms with E-state index >= 15 is 0 Å². The van der Waals surface area contributed by atoms with Crippen molar-refractivity contribution >= 4 is 23.3 Å². The van der Waals surface area contributed by atoms with Crippen LogP contribution in [0.15, 0.2) is 41.2 Å². The number of hydrogen-bond donors (Lipinski definition) is 2. The summed E-state index contributed by atoms with van der Waals surface area (Å²) in [5.74, 6) is -1.10. The Morgan fingerprint density at radius 1 is 1.38 bits per heavy atom. The topological polar surface area (TPSA) is 82.5 Å². The molecule has 0 spiro atoms. The van der Waals surface area contributed by atoms with Gasteiger partial charge in [0.1, 0.15) is 0 Å². The molecule has 0 aliphatic carbocycles. The molecule has 0 bridgehead atoms. The van der Waals surface area contributed by atoms with Crippen molar-refractivity contribution in [2.75, 3.05) is 7.05 Å². The van der Waals surface area contributed by atoms with Crippen LogP contribution in [0.5, 0.6) is 0 Å². The summed E-state index contributed by atoms with van der Waals surface area (Å²) in [5, 5.41) is 13.6. The lowest BCUT2D eigenvalue weighted by atomic mass is 10.1. The molecule has 1 heterocycles. The van der Waals surface area contributed by atoms with Crippen molar-refractivity contribution in [3.8, 4) is 0 Å². The zero-order valence-electron chi connectivity index (χ0n) is 11.4. The number of carboxylic acid groups (broad SMARTS) is 1. The fourth-order valence-corrected chi connectivity index (χ4v) is 2.35. The highest BCUT2D eigenvalue weighted by molar-refractivity contribution is 7.07. The molecule has 0 radical (unpaired) electrons. The molecule has 0 aliphatic heterocycles. The number of thiazole rings is 1. The van der Waals surface area contributed by atoms with Gasteiger partial charge in [0.25, 0.3) is 0 Å². The number of benzene rings is 1. The van der Waals surface area contributed by atoms with Gasteiger partial charge in [-0.3, -0.25) is 0 Å². The summed E-state index contributed by atoms with van der Waals surface area (Å²) in [6.07, 6.45) is 0. The van der Waals surface area contributed by atoms with Gasteiger partial charge < -0.3 is 15.3 Å². The smallest absolute Gasteiger partial charge is 0.330 e. The Hall–Kier alpha value is -2.41. The summed E-state index contributed by atoms with van der Waals surface area (Å²) in [6, 6.07) is 7.06. The molecular weight excluding hydrogens is 290 g/mol. The summed E-state index contributed by atoms with van der Waals surface area (Å²) in [7, 11) is 1.60. The minimum Gasteiger partial charge on any atom is -0.479 e. The van der Waals surface area contributed by atoms with Crippen molar-refractivity contribution in [1.29, 1.82) is 0 Å². The Morgan fingerprint density at radius 2 is 2.10 bits per heavy atom. The number of aliphatic carboxylic acids is 1. The van der Waals surface area contributed by atoms with Crippen molar-refractivity contribution < 1.29 is 14.7 Å². The number of urea groups is 1. The van der Waals surface area contributed by atoms with E-state index in [1.165, 1.54) is 16.2 Å². The predicted octanol–water partition coefficient (Wildman–Crippen LogP) is 2.11. The number of rotatable bonds is 5. The van der Waals surface area contributed by atoms with Gasteiger partial charge in [-0.2, -0.15) is 0 Å². The van der Waals surface area contributed by atoms with Crippen LogP contribution in [0.2, 0.25) is 0 Å². The fraction of sp³-hybridized carbons (Fsp3) is 0.214. The largest absolute Gasteiger partial charge is 0.479 e. The summed E-state index contributed by atoms with van der Waals surface area (Å²) in [6.45, 7) is 0.330. The number of aromatic nitrogens is 1. The highest BCUT2D eigenvalue weighted by atomic mass is 32.1. The Kier molecular flexibility index (Phi) is 4.89. The van der Waals surface area contributed by atoms with Crippen molar-refractivity contribution in [3.05, 3.63) is 52.5 Å². The number of amides is 2. The number of carbonyl (C=O) groups excluding carboxylic acids is 1. The van der Waals surface area contributed by atoms with E-state index < -0.39 is 18.0 Å². The molecule has 0 aliphatic rings. The molecule has 21 heavy (non-hydrogen) atoms. The SMILES string of the molecule is CN(Cc1cscn1)C(=O)N[C@@H](C(=O)O)c1ccccc1. The normalized spacial score (nSPS) is 11.7. The Bertz CT molecular complexity index is 601. The zero-order valence-corrected chi connectivity index (χ0v) is 12.2. The van der Waals surface area contributed by atoms with Gasteiger partial charge in [0.15, 0.2) is 6.04 Å². The molecule has 2 amide bonds. The molecule has 1 atom stereocenters. The summed E-state index contributed by atoms with van der Waals surface area (Å²) in [5.41, 5.74) is 2.98. The average molecular weight is 305 g/mol. The average Bonchev–Trinajstić information content (AvgIpc) is 2.98. The Morgan fingerprint density at radius 3 is 2.67 bits per heavy atom. The lowest BCUT2D eigenvalue weighted by Crippen LogP contribution is -2.41. The standard InChI is InChI=1S/C14H15N3O3S/c1-17(7-11-8-21-9-15-11)14(20)16-12(13(18)19)10-5-3-2-4-6-10/h2-6,8-9,12H,7H2,1H3,(H,16,20)(H,18,19)/t12-/m1/s1. The van der Waals surface area contributed by atoms with Crippen LogP contribution in [0.3, 0.4) is 0 Å². The van der Waals surface area contributed by atoms with Gasteiger partial charge >= 0.3 is 12.0 Å². The summed E-state index contributed by atoms with van der Waals surface area (Å²) >= 11 is 1.45. The first-order valence-corrected chi connectivity index (χ1v) is 7.18. The maximum atomic E-state index is 12.1. The monoisotopic (exact) mass is 305 g/mol. The molecule has 6 nitrogen and oxygen atoms in total. The maximum absolute atomic E-state index is 12.1. The number of hydrogen-bond acceptors (Lipinski definition) is 4. The molecule has 0 saturated heterocycles. The molecule has 2 aromatic rings. The van der Waals surface area contributed by atoms with E-state index in [-0.39, 0.29) is 0 Å². The lowest BCUT2D eigenvalue weighted by molar-refractivity contribution is -0.139. The second-order valence-electron chi connectivity index (χ2n) is 4.47. The Labute approximate surface area is 126 Å². The van der Waals surface area contributed by atoms with E-state index in [9.17, 15) is 14.7 Å². The zero-order chi connectivity index (χ0) is 15.2. The van der Waals surface area contributed by atoms with Crippen molar-refractivity contribution in [2.24, 2.45) is 0 Å². The Balaban J connectivity index is 2.03. The van der Waals surface area contributed by atoms with E-state index in [0.29, 0.717) is 12.1 Å². The first-order chi connectivity index (χ1) is 10.1. The molecule has 2 rings (SSSR count). The highest BCUT2D eigenvalue weighted by Crippen LogP contribution is 2.13. The minimum atomic E-state index is -1.10. The molecule has 2 N–H and O–H groups in total. The van der Waals surface area contributed by atoms with Gasteiger partial charge in [0, 0.05) is 12.4 Å². The van der Waals surface area contributed by atoms with Crippen LogP contribution in [0.4, 0.5) is 4.79 Å². The van der Waals surface area contributed by atoms with Crippen LogP contribution >= 0.6 is 11.3 Å². The van der Waals surface area contributed by atoms with Crippen LogP contribution in [0.25, 0.3) is 0 Å². The number of nitrogens with zero attached hydrogens (tertiary/aromatic N) is 2.